The highest BCUT2D eigenvalue weighted by Gasteiger charge is 2.32. The Morgan fingerprint density at radius 3 is 2.93 bits per heavy atom. The number of hydrogen-bond donors (Lipinski definition) is 2. The van der Waals surface area contributed by atoms with Crippen LogP contribution in [0.15, 0.2) is 0 Å². The normalized spacial score (nSPS) is 27.5. The van der Waals surface area contributed by atoms with Gasteiger partial charge in [0.2, 0.25) is 0 Å². The standard InChI is InChI=1S/C9H17NO4/c10-6-9(3-1-4-13-7-9)14-5-2-8(11)12/h1-7,10H2,(H,11,12). The lowest BCUT2D eigenvalue weighted by Crippen LogP contribution is -2.48. The van der Waals surface area contributed by atoms with Crippen molar-refractivity contribution in [3.8, 4) is 0 Å². The third-order valence-electron chi connectivity index (χ3n) is 2.38. The molecule has 1 unspecified atom stereocenters. The third kappa shape index (κ3) is 3.25. The van der Waals surface area contributed by atoms with Crippen molar-refractivity contribution < 1.29 is 19.4 Å². The Morgan fingerprint density at radius 2 is 2.43 bits per heavy atom. The van der Waals surface area contributed by atoms with Gasteiger partial charge in [0.1, 0.15) is 5.60 Å². The Labute approximate surface area is 83.2 Å². The minimum atomic E-state index is -0.853. The molecule has 5 nitrogen and oxygen atoms in total. The molecule has 1 saturated heterocycles. The molecule has 0 radical (unpaired) electrons. The average Bonchev–Trinajstić information content (AvgIpc) is 2.19. The van der Waals surface area contributed by atoms with E-state index in [4.69, 9.17) is 20.3 Å². The van der Waals surface area contributed by atoms with Gasteiger partial charge in [-0.15, -0.1) is 0 Å². The zero-order chi connectivity index (χ0) is 10.4. The minimum Gasteiger partial charge on any atom is -0.481 e. The largest absolute Gasteiger partial charge is 0.481 e. The molecular weight excluding hydrogens is 186 g/mol. The molecule has 82 valence electrons. The summed E-state index contributed by atoms with van der Waals surface area (Å²) < 4.78 is 10.8. The maximum absolute atomic E-state index is 10.3. The number of aliphatic carboxylic acids is 1. The molecule has 0 bridgehead atoms. The van der Waals surface area contributed by atoms with E-state index in [0.29, 0.717) is 13.2 Å². The summed E-state index contributed by atoms with van der Waals surface area (Å²) >= 11 is 0. The Balaban J connectivity index is 2.32. The summed E-state index contributed by atoms with van der Waals surface area (Å²) in [5.41, 5.74) is 5.15. The number of rotatable bonds is 5. The molecule has 1 aliphatic rings. The van der Waals surface area contributed by atoms with Crippen molar-refractivity contribution in [1.29, 1.82) is 0 Å². The van der Waals surface area contributed by atoms with Crippen LogP contribution in [0, 0.1) is 0 Å². The van der Waals surface area contributed by atoms with E-state index in [1.165, 1.54) is 0 Å². The molecule has 1 heterocycles. The van der Waals surface area contributed by atoms with Crippen LogP contribution in [0.3, 0.4) is 0 Å². The number of ether oxygens (including phenoxy) is 2. The van der Waals surface area contributed by atoms with E-state index in [0.717, 1.165) is 19.4 Å². The summed E-state index contributed by atoms with van der Waals surface area (Å²) in [6.07, 6.45) is 1.79. The zero-order valence-corrected chi connectivity index (χ0v) is 8.20. The Bertz CT molecular complexity index is 189. The molecule has 3 N–H and O–H groups in total. The van der Waals surface area contributed by atoms with Gasteiger partial charge in [0, 0.05) is 13.2 Å². The summed E-state index contributed by atoms with van der Waals surface area (Å²) in [6, 6.07) is 0. The van der Waals surface area contributed by atoms with Crippen molar-refractivity contribution >= 4 is 5.97 Å². The molecule has 1 fully saturated rings. The van der Waals surface area contributed by atoms with Gasteiger partial charge in [-0.1, -0.05) is 0 Å². The van der Waals surface area contributed by atoms with Gasteiger partial charge in [-0.25, -0.2) is 0 Å². The highest BCUT2D eigenvalue weighted by Crippen LogP contribution is 2.22. The quantitative estimate of drug-likeness (QED) is 0.656. The van der Waals surface area contributed by atoms with Crippen LogP contribution in [0.25, 0.3) is 0 Å². The van der Waals surface area contributed by atoms with Crippen LogP contribution >= 0.6 is 0 Å². The van der Waals surface area contributed by atoms with Gasteiger partial charge < -0.3 is 20.3 Å². The average molecular weight is 203 g/mol. The summed E-state index contributed by atoms with van der Waals surface area (Å²) in [4.78, 5) is 10.3. The second-order valence-corrected chi connectivity index (χ2v) is 3.54. The van der Waals surface area contributed by atoms with Crippen LogP contribution in [0.2, 0.25) is 0 Å². The second-order valence-electron chi connectivity index (χ2n) is 3.54. The molecule has 5 heteroatoms. The van der Waals surface area contributed by atoms with E-state index < -0.39 is 11.6 Å². The Morgan fingerprint density at radius 1 is 1.64 bits per heavy atom. The lowest BCUT2D eigenvalue weighted by molar-refractivity contribution is -0.146. The maximum atomic E-state index is 10.3. The van der Waals surface area contributed by atoms with Gasteiger partial charge in [-0.3, -0.25) is 4.79 Å². The van der Waals surface area contributed by atoms with Crippen molar-refractivity contribution in [2.75, 3.05) is 26.4 Å². The maximum Gasteiger partial charge on any atom is 0.305 e. The van der Waals surface area contributed by atoms with E-state index in [9.17, 15) is 4.79 Å². The van der Waals surface area contributed by atoms with Gasteiger partial charge in [0.25, 0.3) is 0 Å². The monoisotopic (exact) mass is 203 g/mol. The number of hydrogen-bond acceptors (Lipinski definition) is 4. The highest BCUT2D eigenvalue weighted by molar-refractivity contribution is 5.66. The number of carboxylic acid groups (broad SMARTS) is 1. The first-order chi connectivity index (χ1) is 6.68. The molecule has 0 aromatic rings. The van der Waals surface area contributed by atoms with Gasteiger partial charge in [0.15, 0.2) is 0 Å². The van der Waals surface area contributed by atoms with Gasteiger partial charge >= 0.3 is 5.97 Å². The highest BCUT2D eigenvalue weighted by atomic mass is 16.5. The molecule has 0 spiro atoms. The topological polar surface area (TPSA) is 81.8 Å². The first-order valence-electron chi connectivity index (χ1n) is 4.82. The van der Waals surface area contributed by atoms with E-state index >= 15 is 0 Å². The van der Waals surface area contributed by atoms with E-state index in [1.807, 2.05) is 0 Å². The van der Waals surface area contributed by atoms with Crippen molar-refractivity contribution in [1.82, 2.24) is 0 Å². The number of carbonyl (C=O) groups is 1. The van der Waals surface area contributed by atoms with Gasteiger partial charge in [-0.05, 0) is 12.8 Å². The molecule has 1 rings (SSSR count). The molecule has 0 aromatic heterocycles. The molecule has 0 amide bonds. The van der Waals surface area contributed by atoms with Crippen LogP contribution < -0.4 is 5.73 Å². The predicted molar refractivity (Wildman–Crippen MR) is 50.0 cm³/mol. The predicted octanol–water partition coefficient (Wildman–Crippen LogP) is -0.0144. The van der Waals surface area contributed by atoms with Crippen molar-refractivity contribution in [3.63, 3.8) is 0 Å². The SMILES string of the molecule is NCC1(OCCC(=O)O)CCCOC1. The van der Waals surface area contributed by atoms with E-state index in [1.54, 1.807) is 0 Å². The minimum absolute atomic E-state index is 0.0156. The second kappa shape index (κ2) is 5.29. The summed E-state index contributed by atoms with van der Waals surface area (Å²) in [6.45, 7) is 1.80. The lowest BCUT2D eigenvalue weighted by Gasteiger charge is -2.35. The molecule has 1 aliphatic heterocycles. The third-order valence-corrected chi connectivity index (χ3v) is 2.38. The van der Waals surface area contributed by atoms with E-state index in [2.05, 4.69) is 0 Å². The van der Waals surface area contributed by atoms with Crippen molar-refractivity contribution in [3.05, 3.63) is 0 Å². The lowest BCUT2D eigenvalue weighted by atomic mass is 9.96. The molecule has 14 heavy (non-hydrogen) atoms. The van der Waals surface area contributed by atoms with Crippen LogP contribution in [0.5, 0.6) is 0 Å². The van der Waals surface area contributed by atoms with Gasteiger partial charge in [0.05, 0.1) is 19.6 Å². The van der Waals surface area contributed by atoms with Crippen molar-refractivity contribution in [2.45, 2.75) is 24.9 Å². The Hall–Kier alpha value is -0.650. The fourth-order valence-corrected chi connectivity index (χ4v) is 1.52. The Kier molecular flexibility index (Phi) is 4.31. The molecular formula is C9H17NO4. The van der Waals surface area contributed by atoms with E-state index in [-0.39, 0.29) is 13.0 Å². The molecule has 0 aromatic carbocycles. The fraction of sp³-hybridized carbons (Fsp3) is 0.889. The number of carboxylic acids is 1. The number of nitrogens with two attached hydrogens (primary N) is 1. The zero-order valence-electron chi connectivity index (χ0n) is 8.20. The molecule has 0 aliphatic carbocycles. The van der Waals surface area contributed by atoms with Gasteiger partial charge in [-0.2, -0.15) is 0 Å². The fourth-order valence-electron chi connectivity index (χ4n) is 1.52. The van der Waals surface area contributed by atoms with Crippen LogP contribution in [0.1, 0.15) is 19.3 Å². The molecule has 0 saturated carbocycles. The summed E-state index contributed by atoms with van der Waals surface area (Å²) in [5, 5.41) is 8.46. The van der Waals surface area contributed by atoms with Crippen LogP contribution in [-0.4, -0.2) is 43.0 Å². The van der Waals surface area contributed by atoms with Crippen molar-refractivity contribution in [2.24, 2.45) is 5.73 Å². The van der Waals surface area contributed by atoms with Crippen LogP contribution in [0.4, 0.5) is 0 Å². The summed E-state index contributed by atoms with van der Waals surface area (Å²) in [5.74, 6) is -0.853. The summed E-state index contributed by atoms with van der Waals surface area (Å²) in [7, 11) is 0. The molecule has 1 atom stereocenters. The first-order valence-corrected chi connectivity index (χ1v) is 4.82. The first kappa shape index (κ1) is 11.4. The smallest absolute Gasteiger partial charge is 0.305 e. The van der Waals surface area contributed by atoms with Crippen LogP contribution in [-0.2, 0) is 14.3 Å².